The zero-order chi connectivity index (χ0) is 17.8. The highest BCUT2D eigenvalue weighted by Crippen LogP contribution is 2.16. The summed E-state index contributed by atoms with van der Waals surface area (Å²) in [6.45, 7) is 1.16. The molecule has 1 aromatic heterocycles. The fourth-order valence-corrected chi connectivity index (χ4v) is 2.73. The lowest BCUT2D eigenvalue weighted by Gasteiger charge is -2.34. The van der Waals surface area contributed by atoms with Crippen molar-refractivity contribution >= 4 is 11.8 Å². The first-order chi connectivity index (χ1) is 12.1. The summed E-state index contributed by atoms with van der Waals surface area (Å²) in [5, 5.41) is 9.01. The number of carbonyl (C=O) groups excluding carboxylic acids is 2. The van der Waals surface area contributed by atoms with Crippen LogP contribution in [0, 0.1) is 0 Å². The molecule has 0 spiro atoms. The number of nitrogens with zero attached hydrogens (tertiary/aromatic N) is 2. The molecule has 25 heavy (non-hydrogen) atoms. The van der Waals surface area contributed by atoms with Crippen LogP contribution in [0.5, 0.6) is 5.75 Å². The van der Waals surface area contributed by atoms with Crippen molar-refractivity contribution in [1.29, 1.82) is 0 Å². The zero-order valence-corrected chi connectivity index (χ0v) is 14.0. The van der Waals surface area contributed by atoms with Crippen molar-refractivity contribution in [2.75, 3.05) is 26.7 Å². The van der Waals surface area contributed by atoms with E-state index in [9.17, 15) is 9.59 Å². The third-order valence-electron chi connectivity index (χ3n) is 4.17. The van der Waals surface area contributed by atoms with Gasteiger partial charge < -0.3 is 24.1 Å². The normalized spacial score (nSPS) is 14.7. The van der Waals surface area contributed by atoms with Gasteiger partial charge in [0, 0.05) is 19.6 Å². The molecule has 2 aromatic rings. The first-order valence-corrected chi connectivity index (χ1v) is 8.00. The van der Waals surface area contributed by atoms with E-state index >= 15 is 0 Å². The molecule has 1 aliphatic heterocycles. The topological polar surface area (TPSA) is 83.2 Å². The summed E-state index contributed by atoms with van der Waals surface area (Å²) >= 11 is 0. The minimum absolute atomic E-state index is 0.0180. The van der Waals surface area contributed by atoms with Gasteiger partial charge >= 0.3 is 0 Å². The van der Waals surface area contributed by atoms with E-state index in [0.29, 0.717) is 25.4 Å². The van der Waals surface area contributed by atoms with E-state index < -0.39 is 0 Å². The average molecular weight is 344 g/mol. The molecule has 2 heterocycles. The van der Waals surface area contributed by atoms with E-state index in [4.69, 9.17) is 14.3 Å². The first kappa shape index (κ1) is 17.0. The van der Waals surface area contributed by atoms with Gasteiger partial charge in [-0.1, -0.05) is 12.1 Å². The lowest BCUT2D eigenvalue weighted by Crippen LogP contribution is -2.51. The Morgan fingerprint density at radius 1 is 1.20 bits per heavy atom. The van der Waals surface area contributed by atoms with Crippen LogP contribution in [0.3, 0.4) is 0 Å². The third-order valence-corrected chi connectivity index (χ3v) is 4.17. The Labute approximate surface area is 145 Å². The summed E-state index contributed by atoms with van der Waals surface area (Å²) in [7, 11) is 1.61. The van der Waals surface area contributed by atoms with Crippen molar-refractivity contribution in [1.82, 2.24) is 9.80 Å². The van der Waals surface area contributed by atoms with Crippen molar-refractivity contribution < 1.29 is 23.8 Å². The minimum atomic E-state index is -0.336. The fraction of sp³-hybridized carbons (Fsp3) is 0.333. The van der Waals surface area contributed by atoms with Gasteiger partial charge in [-0.2, -0.15) is 0 Å². The molecule has 0 bridgehead atoms. The molecule has 0 aliphatic carbocycles. The molecule has 2 amide bonds. The molecule has 0 atom stereocenters. The van der Waals surface area contributed by atoms with Crippen LogP contribution >= 0.6 is 0 Å². The molecule has 1 aliphatic rings. The Balaban J connectivity index is 1.59. The SMILES string of the molecule is COc1ccc(CN2CCN(C(=O)c3ccc(CO)o3)CC2=O)cc1. The molecule has 1 aromatic carbocycles. The standard InChI is InChI=1S/C18H20N2O5/c1-24-14-4-2-13(3-5-14)10-19-8-9-20(11-17(19)22)18(23)16-7-6-15(12-21)25-16/h2-7,21H,8-12H2,1H3. The molecule has 1 saturated heterocycles. The second-order valence-corrected chi connectivity index (χ2v) is 5.81. The number of furan rings is 1. The maximum Gasteiger partial charge on any atom is 0.290 e. The van der Waals surface area contributed by atoms with E-state index in [0.717, 1.165) is 11.3 Å². The smallest absolute Gasteiger partial charge is 0.290 e. The monoisotopic (exact) mass is 344 g/mol. The van der Waals surface area contributed by atoms with Crippen LogP contribution in [0.4, 0.5) is 0 Å². The largest absolute Gasteiger partial charge is 0.497 e. The Hall–Kier alpha value is -2.80. The average Bonchev–Trinajstić information content (AvgIpc) is 3.12. The molecule has 3 rings (SSSR count). The van der Waals surface area contributed by atoms with E-state index in [1.165, 1.54) is 11.0 Å². The summed E-state index contributed by atoms with van der Waals surface area (Å²) in [5.41, 5.74) is 1.01. The van der Waals surface area contributed by atoms with Gasteiger partial charge in [-0.15, -0.1) is 0 Å². The van der Waals surface area contributed by atoms with Gasteiger partial charge in [-0.05, 0) is 29.8 Å². The fourth-order valence-electron chi connectivity index (χ4n) is 2.73. The van der Waals surface area contributed by atoms with Gasteiger partial charge in [-0.25, -0.2) is 0 Å². The van der Waals surface area contributed by atoms with Crippen molar-refractivity contribution in [3.05, 3.63) is 53.5 Å². The molecule has 7 nitrogen and oxygen atoms in total. The quantitative estimate of drug-likeness (QED) is 0.883. The zero-order valence-electron chi connectivity index (χ0n) is 14.0. The number of aliphatic hydroxyl groups excluding tert-OH is 1. The predicted octanol–water partition coefficient (Wildman–Crippen LogP) is 1.27. The number of ether oxygens (including phenoxy) is 1. The number of hydrogen-bond donors (Lipinski definition) is 1. The summed E-state index contributed by atoms with van der Waals surface area (Å²) in [6, 6.07) is 10.6. The van der Waals surface area contributed by atoms with Crippen molar-refractivity contribution in [3.8, 4) is 5.75 Å². The molecule has 132 valence electrons. The van der Waals surface area contributed by atoms with Gasteiger partial charge in [0.05, 0.1) is 7.11 Å². The van der Waals surface area contributed by atoms with Gasteiger partial charge in [0.2, 0.25) is 5.91 Å². The number of rotatable bonds is 5. The Kier molecular flexibility index (Phi) is 5.04. The summed E-state index contributed by atoms with van der Waals surface area (Å²) < 4.78 is 10.4. The van der Waals surface area contributed by atoms with Gasteiger partial charge in [0.1, 0.15) is 24.7 Å². The number of piperazine rings is 1. The van der Waals surface area contributed by atoms with E-state index in [1.54, 1.807) is 18.1 Å². The van der Waals surface area contributed by atoms with Crippen molar-refractivity contribution in [3.63, 3.8) is 0 Å². The highest BCUT2D eigenvalue weighted by Gasteiger charge is 2.29. The molecule has 0 saturated carbocycles. The number of benzene rings is 1. The van der Waals surface area contributed by atoms with Gasteiger partial charge in [-0.3, -0.25) is 9.59 Å². The maximum absolute atomic E-state index is 12.4. The molecular formula is C18H20N2O5. The predicted molar refractivity (Wildman–Crippen MR) is 88.9 cm³/mol. The maximum atomic E-state index is 12.4. The summed E-state index contributed by atoms with van der Waals surface area (Å²) in [6.07, 6.45) is 0. The van der Waals surface area contributed by atoms with Crippen LogP contribution in [0.15, 0.2) is 40.8 Å². The lowest BCUT2D eigenvalue weighted by atomic mass is 10.2. The molecule has 1 N–H and O–H groups in total. The second-order valence-electron chi connectivity index (χ2n) is 5.81. The highest BCUT2D eigenvalue weighted by atomic mass is 16.5. The molecule has 0 radical (unpaired) electrons. The Bertz CT molecular complexity index is 753. The highest BCUT2D eigenvalue weighted by molar-refractivity contribution is 5.95. The minimum Gasteiger partial charge on any atom is -0.497 e. The van der Waals surface area contributed by atoms with Crippen molar-refractivity contribution in [2.24, 2.45) is 0 Å². The van der Waals surface area contributed by atoms with Crippen LogP contribution in [0.1, 0.15) is 21.9 Å². The number of carbonyl (C=O) groups is 2. The van der Waals surface area contributed by atoms with Crippen LogP contribution in [0.2, 0.25) is 0 Å². The summed E-state index contributed by atoms with van der Waals surface area (Å²) in [5.74, 6) is 0.793. The molecule has 7 heteroatoms. The van der Waals surface area contributed by atoms with E-state index in [-0.39, 0.29) is 30.7 Å². The Morgan fingerprint density at radius 3 is 2.56 bits per heavy atom. The van der Waals surface area contributed by atoms with E-state index in [2.05, 4.69) is 0 Å². The van der Waals surface area contributed by atoms with E-state index in [1.807, 2.05) is 24.3 Å². The summed E-state index contributed by atoms with van der Waals surface area (Å²) in [4.78, 5) is 27.9. The third kappa shape index (κ3) is 3.83. The van der Waals surface area contributed by atoms with Crippen LogP contribution in [-0.4, -0.2) is 53.5 Å². The lowest BCUT2D eigenvalue weighted by molar-refractivity contribution is -0.135. The van der Waals surface area contributed by atoms with Crippen LogP contribution in [-0.2, 0) is 17.9 Å². The molecular weight excluding hydrogens is 324 g/mol. The number of hydrogen-bond acceptors (Lipinski definition) is 5. The van der Waals surface area contributed by atoms with Crippen LogP contribution in [0.25, 0.3) is 0 Å². The van der Waals surface area contributed by atoms with Crippen molar-refractivity contribution in [2.45, 2.75) is 13.2 Å². The molecule has 1 fully saturated rings. The first-order valence-electron chi connectivity index (χ1n) is 8.00. The Morgan fingerprint density at radius 2 is 1.96 bits per heavy atom. The van der Waals surface area contributed by atoms with Crippen LogP contribution < -0.4 is 4.74 Å². The molecule has 0 unspecified atom stereocenters. The van der Waals surface area contributed by atoms with Gasteiger partial charge in [0.15, 0.2) is 5.76 Å². The van der Waals surface area contributed by atoms with Gasteiger partial charge in [0.25, 0.3) is 5.91 Å². The number of methoxy groups -OCH3 is 1. The number of aliphatic hydroxyl groups is 1. The second kappa shape index (κ2) is 7.40. The number of amides is 2.